The molecule has 0 atom stereocenters. The first-order valence-electron chi connectivity index (χ1n) is 10.4. The van der Waals surface area contributed by atoms with Crippen molar-refractivity contribution in [3.63, 3.8) is 0 Å². The fourth-order valence-corrected chi connectivity index (χ4v) is 3.70. The van der Waals surface area contributed by atoms with Crippen LogP contribution in [0, 0.1) is 0 Å². The number of hydrogen-bond acceptors (Lipinski definition) is 4. The summed E-state index contributed by atoms with van der Waals surface area (Å²) in [6.07, 6.45) is 3.90. The number of rotatable bonds is 7. The highest BCUT2D eigenvalue weighted by Crippen LogP contribution is 2.21. The molecule has 0 bridgehead atoms. The molecule has 9 heteroatoms. The monoisotopic (exact) mass is 421 g/mol. The maximum Gasteiger partial charge on any atom is 0.269 e. The lowest BCUT2D eigenvalue weighted by molar-refractivity contribution is -0.138. The van der Waals surface area contributed by atoms with Crippen LogP contribution in [0.4, 0.5) is 0 Å². The maximum atomic E-state index is 13.1. The summed E-state index contributed by atoms with van der Waals surface area (Å²) in [6.45, 7) is 5.61. The van der Waals surface area contributed by atoms with Gasteiger partial charge < -0.3 is 16.0 Å². The smallest absolute Gasteiger partial charge is 0.269 e. The molecule has 3 rings (SSSR count). The van der Waals surface area contributed by atoms with Crippen molar-refractivity contribution in [2.75, 3.05) is 6.54 Å². The quantitative estimate of drug-likeness (QED) is 0.652. The minimum absolute atomic E-state index is 0.0674. The van der Waals surface area contributed by atoms with Gasteiger partial charge in [-0.2, -0.15) is 5.10 Å². The van der Waals surface area contributed by atoms with Crippen LogP contribution in [0.15, 0.2) is 47.1 Å². The predicted octanol–water partition coefficient (Wildman–Crippen LogP) is 1.07. The average Bonchev–Trinajstić information content (AvgIpc) is 3.08. The Morgan fingerprint density at radius 2 is 2.00 bits per heavy atom. The number of fused-ring (bicyclic) bond motifs is 1. The highest BCUT2D eigenvalue weighted by Gasteiger charge is 2.24. The van der Waals surface area contributed by atoms with E-state index in [1.807, 2.05) is 27.8 Å². The minimum atomic E-state index is -0.651. The molecule has 0 saturated carbocycles. The zero-order valence-electron chi connectivity index (χ0n) is 18.4. The van der Waals surface area contributed by atoms with Crippen LogP contribution >= 0.6 is 0 Å². The maximum absolute atomic E-state index is 13.1. The number of hydrogen-bond donors (Lipinski definition) is 2. The van der Waals surface area contributed by atoms with E-state index < -0.39 is 5.91 Å². The van der Waals surface area contributed by atoms with Gasteiger partial charge in [0.25, 0.3) is 5.91 Å². The molecule has 0 fully saturated rings. The van der Waals surface area contributed by atoms with E-state index in [9.17, 15) is 14.4 Å². The highest BCUT2D eigenvalue weighted by atomic mass is 16.2. The third kappa shape index (κ3) is 4.87. The summed E-state index contributed by atoms with van der Waals surface area (Å²) in [5.74, 6) is -1.16. The summed E-state index contributed by atoms with van der Waals surface area (Å²) < 4.78 is 1.46. The van der Waals surface area contributed by atoms with E-state index in [4.69, 9.17) is 5.73 Å². The Morgan fingerprint density at radius 1 is 1.29 bits per heavy atom. The number of nitrogens with zero attached hydrogens (tertiary/aromatic N) is 3. The molecule has 1 aliphatic rings. The lowest BCUT2D eigenvalue weighted by atomic mass is 9.82. The largest absolute Gasteiger partial charge is 0.364 e. The van der Waals surface area contributed by atoms with Crippen LogP contribution in [0.3, 0.4) is 0 Å². The molecule has 1 heterocycles. The molecule has 3 amide bonds. The van der Waals surface area contributed by atoms with Gasteiger partial charge in [0, 0.05) is 17.1 Å². The van der Waals surface area contributed by atoms with Gasteiger partial charge in [-0.25, -0.2) is 0 Å². The van der Waals surface area contributed by atoms with E-state index in [1.165, 1.54) is 15.2 Å². The van der Waals surface area contributed by atoms with E-state index in [0.29, 0.717) is 10.9 Å². The number of amides is 3. The van der Waals surface area contributed by atoms with Crippen LogP contribution < -0.4 is 11.1 Å². The SMILES string of the molecule is BC1=C(C)CCC=C1NC(=O)CN(C(=O)Cn1nc(C(N)=O)c2ccccc21)C(C)C. The Morgan fingerprint density at radius 3 is 2.68 bits per heavy atom. The molecule has 162 valence electrons. The first-order valence-corrected chi connectivity index (χ1v) is 10.4. The van der Waals surface area contributed by atoms with Crippen molar-refractivity contribution in [2.45, 2.75) is 46.2 Å². The lowest BCUT2D eigenvalue weighted by Gasteiger charge is -2.27. The fourth-order valence-electron chi connectivity index (χ4n) is 3.70. The number of aromatic nitrogens is 2. The molecule has 0 unspecified atom stereocenters. The van der Waals surface area contributed by atoms with E-state index in [-0.39, 0.29) is 36.6 Å². The molecule has 2 aromatic rings. The van der Waals surface area contributed by atoms with Crippen LogP contribution in [0.5, 0.6) is 0 Å². The van der Waals surface area contributed by atoms with Crippen molar-refractivity contribution >= 4 is 36.5 Å². The molecule has 3 N–H and O–H groups in total. The molecular weight excluding hydrogens is 393 g/mol. The van der Waals surface area contributed by atoms with E-state index >= 15 is 0 Å². The molecule has 0 spiro atoms. The topological polar surface area (TPSA) is 110 Å². The summed E-state index contributed by atoms with van der Waals surface area (Å²) in [6, 6.07) is 6.92. The number of carbonyl (C=O) groups excluding carboxylic acids is 3. The summed E-state index contributed by atoms with van der Waals surface area (Å²) >= 11 is 0. The zero-order chi connectivity index (χ0) is 22.7. The molecule has 1 aliphatic carbocycles. The first kappa shape index (κ1) is 22.3. The van der Waals surface area contributed by atoms with Crippen molar-refractivity contribution in [3.05, 3.63) is 52.8 Å². The molecule has 31 heavy (non-hydrogen) atoms. The molecule has 0 radical (unpaired) electrons. The zero-order valence-corrected chi connectivity index (χ0v) is 18.4. The van der Waals surface area contributed by atoms with E-state index in [1.54, 1.807) is 24.3 Å². The molecule has 1 aromatic heterocycles. The van der Waals surface area contributed by atoms with Crippen molar-refractivity contribution in [1.29, 1.82) is 0 Å². The predicted molar refractivity (Wildman–Crippen MR) is 122 cm³/mol. The van der Waals surface area contributed by atoms with Crippen molar-refractivity contribution in [1.82, 2.24) is 20.0 Å². The van der Waals surface area contributed by atoms with E-state index in [0.717, 1.165) is 24.0 Å². The van der Waals surface area contributed by atoms with Gasteiger partial charge >= 0.3 is 0 Å². The second-order valence-corrected chi connectivity index (χ2v) is 8.11. The van der Waals surface area contributed by atoms with Gasteiger partial charge in [0.1, 0.15) is 20.9 Å². The minimum Gasteiger partial charge on any atom is -0.364 e. The van der Waals surface area contributed by atoms with Crippen molar-refractivity contribution in [2.24, 2.45) is 5.73 Å². The standard InChI is InChI=1S/C22H28BN5O3/c1-13(2)27(11-18(29)25-16-9-6-7-14(3)20(16)23)19(30)12-28-17-10-5-4-8-15(17)21(26-28)22(24)31/h4-5,8-10,13H,6-7,11-12,23H2,1-3H3,(H2,24,31)(H,25,29). The molecule has 0 saturated heterocycles. The molecule has 8 nitrogen and oxygen atoms in total. The number of carbonyl (C=O) groups is 3. The number of nitrogens with two attached hydrogens (primary N) is 1. The fraction of sp³-hybridized carbons (Fsp3) is 0.364. The van der Waals surface area contributed by atoms with Crippen molar-refractivity contribution in [3.8, 4) is 0 Å². The molecule has 0 aliphatic heterocycles. The number of para-hydroxylation sites is 1. The summed E-state index contributed by atoms with van der Waals surface area (Å²) in [4.78, 5) is 39.0. The van der Waals surface area contributed by atoms with Crippen LogP contribution in [0.2, 0.25) is 0 Å². The Labute approximate surface area is 182 Å². The Balaban J connectivity index is 1.76. The normalized spacial score (nSPS) is 14.0. The summed E-state index contributed by atoms with van der Waals surface area (Å²) in [7, 11) is 1.99. The van der Waals surface area contributed by atoms with Crippen molar-refractivity contribution < 1.29 is 14.4 Å². The highest BCUT2D eigenvalue weighted by molar-refractivity contribution is 6.25. The third-order valence-electron chi connectivity index (χ3n) is 5.62. The summed E-state index contributed by atoms with van der Waals surface area (Å²) in [5, 5.41) is 7.77. The lowest BCUT2D eigenvalue weighted by Crippen LogP contribution is -2.45. The van der Waals surface area contributed by atoms with Gasteiger partial charge in [-0.1, -0.05) is 35.3 Å². The number of benzene rings is 1. The van der Waals surface area contributed by atoms with Crippen LogP contribution in [0.1, 0.15) is 44.1 Å². The Bertz CT molecular complexity index is 1100. The van der Waals surface area contributed by atoms with Crippen LogP contribution in [-0.4, -0.2) is 52.8 Å². The second kappa shape index (κ2) is 9.20. The van der Waals surface area contributed by atoms with Crippen LogP contribution in [-0.2, 0) is 16.1 Å². The third-order valence-corrected chi connectivity index (χ3v) is 5.62. The number of nitrogens with one attached hydrogen (secondary N) is 1. The first-order chi connectivity index (χ1) is 14.7. The number of primary amides is 1. The summed E-state index contributed by atoms with van der Waals surface area (Å²) in [5.41, 5.74) is 9.34. The van der Waals surface area contributed by atoms with Crippen LogP contribution in [0.25, 0.3) is 10.9 Å². The Hall–Kier alpha value is -3.36. The van der Waals surface area contributed by atoms with E-state index in [2.05, 4.69) is 17.3 Å². The van der Waals surface area contributed by atoms with Gasteiger partial charge in [0.15, 0.2) is 5.69 Å². The number of allylic oxidation sites excluding steroid dienone is 3. The van der Waals surface area contributed by atoms with Gasteiger partial charge in [-0.3, -0.25) is 19.1 Å². The second-order valence-electron chi connectivity index (χ2n) is 8.11. The molecule has 1 aromatic carbocycles. The van der Waals surface area contributed by atoms with Gasteiger partial charge in [-0.15, -0.1) is 0 Å². The Kier molecular flexibility index (Phi) is 6.63. The van der Waals surface area contributed by atoms with Gasteiger partial charge in [0.2, 0.25) is 11.8 Å². The molecular formula is C22H28BN5O3. The van der Waals surface area contributed by atoms with Gasteiger partial charge in [0.05, 0.1) is 5.52 Å². The average molecular weight is 421 g/mol. The van der Waals surface area contributed by atoms with Gasteiger partial charge in [-0.05, 0) is 39.7 Å².